The molecule has 0 bridgehead atoms. The first-order valence-electron chi connectivity index (χ1n) is 8.52. The van der Waals surface area contributed by atoms with Crippen LogP contribution in [0.2, 0.25) is 0 Å². The van der Waals surface area contributed by atoms with Gasteiger partial charge in [-0.05, 0) is 51.3 Å². The molecule has 0 aliphatic carbocycles. The van der Waals surface area contributed by atoms with Crippen LogP contribution in [0.3, 0.4) is 0 Å². The highest BCUT2D eigenvalue weighted by Crippen LogP contribution is 2.38. The fourth-order valence-corrected chi connectivity index (χ4v) is 5.66. The summed E-state index contributed by atoms with van der Waals surface area (Å²) in [6.07, 6.45) is 6.49. The predicted octanol–water partition coefficient (Wildman–Crippen LogP) is 2.17. The average molecular weight is 337 g/mol. The van der Waals surface area contributed by atoms with E-state index in [0.717, 1.165) is 63.1 Å². The van der Waals surface area contributed by atoms with E-state index in [1.165, 1.54) is 6.26 Å². The molecule has 128 valence electrons. The number of pyridine rings is 1. The van der Waals surface area contributed by atoms with Crippen molar-refractivity contribution in [1.82, 2.24) is 14.2 Å². The number of rotatable bonds is 3. The van der Waals surface area contributed by atoms with Crippen molar-refractivity contribution in [3.63, 3.8) is 0 Å². The molecule has 0 amide bonds. The summed E-state index contributed by atoms with van der Waals surface area (Å²) in [5.74, 6) is 0. The molecular weight excluding hydrogens is 310 g/mol. The molecule has 2 aliphatic heterocycles. The Labute approximate surface area is 139 Å². The molecule has 2 saturated heterocycles. The molecule has 1 atom stereocenters. The second-order valence-corrected chi connectivity index (χ2v) is 9.01. The monoisotopic (exact) mass is 337 g/mol. The van der Waals surface area contributed by atoms with Crippen molar-refractivity contribution in [1.29, 1.82) is 0 Å². The van der Waals surface area contributed by atoms with Crippen molar-refractivity contribution in [3.05, 3.63) is 29.6 Å². The summed E-state index contributed by atoms with van der Waals surface area (Å²) in [4.78, 5) is 6.98. The molecule has 1 spiro atoms. The van der Waals surface area contributed by atoms with Crippen LogP contribution in [0, 0.1) is 6.92 Å². The number of likely N-dealkylation sites (tertiary alicyclic amines) is 1. The van der Waals surface area contributed by atoms with Gasteiger partial charge in [0.25, 0.3) is 0 Å². The second kappa shape index (κ2) is 6.49. The van der Waals surface area contributed by atoms with Crippen LogP contribution in [0.25, 0.3) is 0 Å². The van der Waals surface area contributed by atoms with Gasteiger partial charge in [-0.1, -0.05) is 12.5 Å². The minimum Gasteiger partial charge on any atom is -0.296 e. The van der Waals surface area contributed by atoms with Crippen LogP contribution in [-0.4, -0.2) is 54.0 Å². The summed E-state index contributed by atoms with van der Waals surface area (Å²) in [7, 11) is -3.15. The van der Waals surface area contributed by atoms with Crippen LogP contribution in [0.15, 0.2) is 18.2 Å². The molecule has 3 rings (SSSR count). The molecule has 2 aliphatic rings. The van der Waals surface area contributed by atoms with Crippen LogP contribution < -0.4 is 0 Å². The van der Waals surface area contributed by atoms with Gasteiger partial charge in [-0.2, -0.15) is 4.31 Å². The Morgan fingerprint density at radius 3 is 2.70 bits per heavy atom. The highest BCUT2D eigenvalue weighted by atomic mass is 32.2. The number of hydrogen-bond donors (Lipinski definition) is 0. The molecule has 0 N–H and O–H groups in total. The molecule has 23 heavy (non-hydrogen) atoms. The number of aryl methyl sites for hydroxylation is 1. The number of nitrogens with zero attached hydrogens (tertiary/aromatic N) is 3. The maximum Gasteiger partial charge on any atom is 0.211 e. The van der Waals surface area contributed by atoms with Gasteiger partial charge in [0.05, 0.1) is 11.9 Å². The third-order valence-corrected chi connectivity index (χ3v) is 6.52. The van der Waals surface area contributed by atoms with Crippen molar-refractivity contribution >= 4 is 10.0 Å². The first-order valence-corrected chi connectivity index (χ1v) is 10.4. The van der Waals surface area contributed by atoms with Gasteiger partial charge in [0, 0.05) is 30.9 Å². The molecule has 1 aromatic heterocycles. The molecular formula is C17H27N3O2S. The molecule has 3 heterocycles. The minimum absolute atomic E-state index is 0.200. The van der Waals surface area contributed by atoms with Crippen molar-refractivity contribution in [2.45, 2.75) is 51.1 Å². The molecule has 6 heteroatoms. The Morgan fingerprint density at radius 2 is 1.96 bits per heavy atom. The molecule has 0 radical (unpaired) electrons. The highest BCUT2D eigenvalue weighted by molar-refractivity contribution is 7.88. The van der Waals surface area contributed by atoms with Gasteiger partial charge in [-0.25, -0.2) is 8.42 Å². The number of piperidine rings is 2. The normalized spacial score (nSPS) is 27.4. The average Bonchev–Trinajstić information content (AvgIpc) is 2.46. The maximum atomic E-state index is 12.3. The second-order valence-electron chi connectivity index (χ2n) is 7.10. The summed E-state index contributed by atoms with van der Waals surface area (Å²) >= 11 is 0. The van der Waals surface area contributed by atoms with Crippen molar-refractivity contribution in [2.24, 2.45) is 0 Å². The van der Waals surface area contributed by atoms with Gasteiger partial charge in [0.2, 0.25) is 10.0 Å². The molecule has 2 fully saturated rings. The zero-order valence-corrected chi connectivity index (χ0v) is 15.0. The van der Waals surface area contributed by atoms with Crippen LogP contribution in [0.5, 0.6) is 0 Å². The molecule has 1 aromatic rings. The summed E-state index contributed by atoms with van der Waals surface area (Å²) in [6.45, 7) is 5.34. The Bertz CT molecular complexity index is 658. The van der Waals surface area contributed by atoms with Gasteiger partial charge in [0.1, 0.15) is 0 Å². The van der Waals surface area contributed by atoms with Crippen molar-refractivity contribution < 1.29 is 8.42 Å². The lowest BCUT2D eigenvalue weighted by Crippen LogP contribution is -2.61. The summed E-state index contributed by atoms with van der Waals surface area (Å²) in [6, 6.07) is 6.11. The molecule has 0 saturated carbocycles. The van der Waals surface area contributed by atoms with Gasteiger partial charge in [-0.15, -0.1) is 0 Å². The van der Waals surface area contributed by atoms with E-state index in [2.05, 4.69) is 16.0 Å². The van der Waals surface area contributed by atoms with E-state index in [1.807, 2.05) is 19.1 Å². The Kier molecular flexibility index (Phi) is 4.76. The van der Waals surface area contributed by atoms with E-state index in [-0.39, 0.29) is 5.54 Å². The lowest BCUT2D eigenvalue weighted by molar-refractivity contribution is 0.0332. The summed E-state index contributed by atoms with van der Waals surface area (Å²) < 4.78 is 26.3. The third-order valence-electron chi connectivity index (χ3n) is 5.15. The Balaban J connectivity index is 1.78. The first kappa shape index (κ1) is 16.9. The van der Waals surface area contributed by atoms with Crippen LogP contribution in [0.4, 0.5) is 0 Å². The zero-order valence-electron chi connectivity index (χ0n) is 14.2. The van der Waals surface area contributed by atoms with E-state index >= 15 is 0 Å². The minimum atomic E-state index is -3.15. The largest absolute Gasteiger partial charge is 0.296 e. The van der Waals surface area contributed by atoms with Gasteiger partial charge >= 0.3 is 0 Å². The van der Waals surface area contributed by atoms with E-state index in [1.54, 1.807) is 4.31 Å². The molecule has 0 aromatic carbocycles. The fourth-order valence-electron chi connectivity index (χ4n) is 4.25. The third kappa shape index (κ3) is 3.75. The maximum absolute atomic E-state index is 12.3. The SMILES string of the molecule is Cc1cccc(CN2CCC[C@]3(CCCCN3S(C)(=O)=O)C2)n1. The first-order chi connectivity index (χ1) is 10.9. The highest BCUT2D eigenvalue weighted by Gasteiger charge is 2.45. The van der Waals surface area contributed by atoms with Crippen molar-refractivity contribution in [3.8, 4) is 0 Å². The number of hydrogen-bond acceptors (Lipinski definition) is 4. The lowest BCUT2D eigenvalue weighted by atomic mass is 9.81. The van der Waals surface area contributed by atoms with Crippen molar-refractivity contribution in [2.75, 3.05) is 25.9 Å². The lowest BCUT2D eigenvalue weighted by Gasteiger charge is -2.51. The molecule has 0 unspecified atom stereocenters. The fraction of sp³-hybridized carbons (Fsp3) is 0.706. The van der Waals surface area contributed by atoms with Gasteiger partial charge < -0.3 is 0 Å². The standard InChI is InChI=1S/C17H27N3O2S/c1-15-7-5-8-16(18-15)13-19-11-6-10-17(14-19)9-3-4-12-20(17)23(2,21)22/h5,7-8H,3-4,6,9-14H2,1-2H3/t17-/m1/s1. The van der Waals surface area contributed by atoms with Crippen LogP contribution >= 0.6 is 0 Å². The summed E-state index contributed by atoms with van der Waals surface area (Å²) in [5.41, 5.74) is 1.90. The Morgan fingerprint density at radius 1 is 1.17 bits per heavy atom. The van der Waals surface area contributed by atoms with E-state index in [0.29, 0.717) is 6.54 Å². The van der Waals surface area contributed by atoms with E-state index in [4.69, 9.17) is 0 Å². The molecule has 5 nitrogen and oxygen atoms in total. The topological polar surface area (TPSA) is 53.5 Å². The predicted molar refractivity (Wildman–Crippen MR) is 91.6 cm³/mol. The van der Waals surface area contributed by atoms with Crippen LogP contribution in [-0.2, 0) is 16.6 Å². The van der Waals surface area contributed by atoms with Gasteiger partial charge in [-0.3, -0.25) is 9.88 Å². The Hall–Kier alpha value is -0.980. The van der Waals surface area contributed by atoms with Gasteiger partial charge in [0.15, 0.2) is 0 Å². The van der Waals surface area contributed by atoms with E-state index in [9.17, 15) is 8.42 Å². The van der Waals surface area contributed by atoms with E-state index < -0.39 is 10.0 Å². The quantitative estimate of drug-likeness (QED) is 0.848. The number of aromatic nitrogens is 1. The smallest absolute Gasteiger partial charge is 0.211 e. The summed E-state index contributed by atoms with van der Waals surface area (Å²) in [5, 5.41) is 0. The zero-order chi connectivity index (χ0) is 16.5. The van der Waals surface area contributed by atoms with Crippen LogP contribution in [0.1, 0.15) is 43.5 Å². The number of sulfonamides is 1.